The Morgan fingerprint density at radius 3 is 2.26 bits per heavy atom. The predicted molar refractivity (Wildman–Crippen MR) is 115 cm³/mol. The molecule has 0 bridgehead atoms. The third-order valence-electron chi connectivity index (χ3n) is 4.32. The van der Waals surface area contributed by atoms with Crippen molar-refractivity contribution >= 4 is 33.5 Å². The second-order valence-corrected chi connectivity index (χ2v) is 8.34. The Morgan fingerprint density at radius 2 is 1.68 bits per heavy atom. The Balaban J connectivity index is 2.71. The summed E-state index contributed by atoms with van der Waals surface area (Å²) < 4.78 is 36.7. The number of rotatable bonds is 13. The van der Waals surface area contributed by atoms with Crippen molar-refractivity contribution in [2.75, 3.05) is 38.7 Å². The number of hydrogen-bond donors (Lipinski definition) is 2. The second kappa shape index (κ2) is 12.9. The number of anilines is 1. The van der Waals surface area contributed by atoms with Crippen molar-refractivity contribution in [3.63, 3.8) is 0 Å². The average Bonchev–Trinajstić information content (AvgIpc) is 2.73. The van der Waals surface area contributed by atoms with Gasteiger partial charge in [-0.3, -0.25) is 14.4 Å². The van der Waals surface area contributed by atoms with Crippen molar-refractivity contribution in [3.8, 4) is 5.75 Å². The lowest BCUT2D eigenvalue weighted by molar-refractivity contribution is -0.144. The van der Waals surface area contributed by atoms with Crippen molar-refractivity contribution < 1.29 is 32.3 Å². The minimum Gasteiger partial charge on any atom is -0.495 e. The highest BCUT2D eigenvalue weighted by Crippen LogP contribution is 2.29. The van der Waals surface area contributed by atoms with Crippen LogP contribution >= 0.6 is 0 Å². The fourth-order valence-electron chi connectivity index (χ4n) is 2.72. The van der Waals surface area contributed by atoms with E-state index in [-0.39, 0.29) is 48.9 Å². The van der Waals surface area contributed by atoms with E-state index >= 15 is 0 Å². The second-order valence-electron chi connectivity index (χ2n) is 6.40. The number of nitrogens with zero attached hydrogens (tertiary/aromatic N) is 1. The van der Waals surface area contributed by atoms with E-state index in [1.807, 2.05) is 0 Å². The Labute approximate surface area is 183 Å². The van der Waals surface area contributed by atoms with E-state index < -0.39 is 21.9 Å². The minimum atomic E-state index is -3.70. The standard InChI is InChI=1S/C20H31N3O7S/c1-5-23(6-2)31(27,28)15-8-9-17(29-4)16(14-15)22-19(25)12-13-21-18(24)10-11-20(26)30-7-3/h8-9,14H,5-7,10-13H2,1-4H3,(H,21,24)(H,22,25). The summed E-state index contributed by atoms with van der Waals surface area (Å²) in [5.74, 6) is -0.945. The van der Waals surface area contributed by atoms with Gasteiger partial charge < -0.3 is 20.1 Å². The molecule has 11 heteroatoms. The summed E-state index contributed by atoms with van der Waals surface area (Å²) in [6, 6.07) is 4.25. The molecule has 0 aliphatic rings. The molecule has 2 N–H and O–H groups in total. The van der Waals surface area contributed by atoms with Gasteiger partial charge >= 0.3 is 5.97 Å². The van der Waals surface area contributed by atoms with Gasteiger partial charge in [0, 0.05) is 32.5 Å². The number of esters is 1. The van der Waals surface area contributed by atoms with Gasteiger partial charge in [0.1, 0.15) is 5.75 Å². The van der Waals surface area contributed by atoms with Gasteiger partial charge in [-0.15, -0.1) is 0 Å². The maximum absolute atomic E-state index is 12.7. The molecule has 0 spiro atoms. The molecule has 31 heavy (non-hydrogen) atoms. The zero-order valence-corrected chi connectivity index (χ0v) is 19.2. The number of hydrogen-bond acceptors (Lipinski definition) is 7. The van der Waals surface area contributed by atoms with E-state index in [1.54, 1.807) is 20.8 Å². The Bertz CT molecular complexity index is 868. The van der Waals surface area contributed by atoms with E-state index in [2.05, 4.69) is 10.6 Å². The van der Waals surface area contributed by atoms with Gasteiger partial charge in [0.2, 0.25) is 21.8 Å². The molecule has 0 unspecified atom stereocenters. The van der Waals surface area contributed by atoms with Gasteiger partial charge in [-0.1, -0.05) is 13.8 Å². The first-order chi connectivity index (χ1) is 14.7. The van der Waals surface area contributed by atoms with Crippen LogP contribution < -0.4 is 15.4 Å². The van der Waals surface area contributed by atoms with Crippen LogP contribution in [0.1, 0.15) is 40.0 Å². The molecule has 0 atom stereocenters. The summed E-state index contributed by atoms with van der Waals surface area (Å²) in [7, 11) is -2.29. The lowest BCUT2D eigenvalue weighted by Crippen LogP contribution is -2.30. The monoisotopic (exact) mass is 457 g/mol. The van der Waals surface area contributed by atoms with E-state index in [9.17, 15) is 22.8 Å². The lowest BCUT2D eigenvalue weighted by atomic mass is 10.2. The molecule has 10 nitrogen and oxygen atoms in total. The minimum absolute atomic E-state index is 0.0282. The summed E-state index contributed by atoms with van der Waals surface area (Å²) in [5, 5.41) is 5.17. The first-order valence-corrected chi connectivity index (χ1v) is 11.5. The zero-order valence-electron chi connectivity index (χ0n) is 18.4. The van der Waals surface area contributed by atoms with Crippen molar-refractivity contribution in [1.29, 1.82) is 0 Å². The quantitative estimate of drug-likeness (QED) is 0.429. The lowest BCUT2D eigenvalue weighted by Gasteiger charge is -2.19. The van der Waals surface area contributed by atoms with E-state index in [0.29, 0.717) is 18.8 Å². The van der Waals surface area contributed by atoms with Gasteiger partial charge in [-0.05, 0) is 25.1 Å². The van der Waals surface area contributed by atoms with E-state index in [4.69, 9.17) is 9.47 Å². The number of carbonyl (C=O) groups excluding carboxylic acids is 3. The number of benzene rings is 1. The maximum Gasteiger partial charge on any atom is 0.306 e. The number of amides is 2. The molecule has 0 saturated carbocycles. The molecular formula is C20H31N3O7S. The molecule has 0 aromatic heterocycles. The van der Waals surface area contributed by atoms with Crippen LogP contribution in [-0.4, -0.2) is 63.9 Å². The highest BCUT2D eigenvalue weighted by molar-refractivity contribution is 7.89. The van der Waals surface area contributed by atoms with Crippen LogP contribution in [0.3, 0.4) is 0 Å². The van der Waals surface area contributed by atoms with E-state index in [1.165, 1.54) is 29.6 Å². The number of ether oxygens (including phenoxy) is 2. The first-order valence-electron chi connectivity index (χ1n) is 10.1. The zero-order chi connectivity index (χ0) is 23.4. The van der Waals surface area contributed by atoms with Gasteiger partial charge in [-0.2, -0.15) is 4.31 Å². The van der Waals surface area contributed by atoms with Crippen molar-refractivity contribution in [3.05, 3.63) is 18.2 Å². The van der Waals surface area contributed by atoms with Crippen LogP contribution in [0.4, 0.5) is 5.69 Å². The average molecular weight is 458 g/mol. The van der Waals surface area contributed by atoms with Crippen LogP contribution in [-0.2, 0) is 29.1 Å². The molecule has 1 aromatic carbocycles. The van der Waals surface area contributed by atoms with Crippen LogP contribution in [0, 0.1) is 0 Å². The molecule has 174 valence electrons. The third kappa shape index (κ3) is 8.18. The van der Waals surface area contributed by atoms with Crippen LogP contribution in [0.5, 0.6) is 5.75 Å². The summed E-state index contributed by atoms with van der Waals surface area (Å²) in [4.78, 5) is 35.3. The molecule has 0 radical (unpaired) electrons. The molecule has 1 aromatic rings. The molecule has 1 rings (SSSR count). The summed E-state index contributed by atoms with van der Waals surface area (Å²) >= 11 is 0. The Kier molecular flexibility index (Phi) is 11.0. The molecule has 0 heterocycles. The van der Waals surface area contributed by atoms with Gasteiger partial charge in [0.15, 0.2) is 0 Å². The largest absolute Gasteiger partial charge is 0.495 e. The molecule has 0 saturated heterocycles. The molecule has 0 fully saturated rings. The van der Waals surface area contributed by atoms with Crippen LogP contribution in [0.2, 0.25) is 0 Å². The molecule has 2 amide bonds. The SMILES string of the molecule is CCOC(=O)CCC(=O)NCCC(=O)Nc1cc(S(=O)(=O)N(CC)CC)ccc1OC. The van der Waals surface area contributed by atoms with Crippen molar-refractivity contribution in [2.45, 2.75) is 44.9 Å². The van der Waals surface area contributed by atoms with Gasteiger partial charge in [0.05, 0.1) is 30.7 Å². The fourth-order valence-corrected chi connectivity index (χ4v) is 4.21. The predicted octanol–water partition coefficient (Wildman–Crippen LogP) is 1.51. The highest BCUT2D eigenvalue weighted by Gasteiger charge is 2.23. The summed E-state index contributed by atoms with van der Waals surface area (Å²) in [6.45, 7) is 6.13. The van der Waals surface area contributed by atoms with Gasteiger partial charge in [0.25, 0.3) is 0 Å². The third-order valence-corrected chi connectivity index (χ3v) is 6.37. The van der Waals surface area contributed by atoms with Crippen molar-refractivity contribution in [1.82, 2.24) is 9.62 Å². The number of nitrogens with one attached hydrogen (secondary N) is 2. The maximum atomic E-state index is 12.7. The summed E-state index contributed by atoms with van der Waals surface area (Å²) in [6.07, 6.45) is -0.0995. The Hall–Kier alpha value is -2.66. The molecular weight excluding hydrogens is 426 g/mol. The number of sulfonamides is 1. The highest BCUT2D eigenvalue weighted by atomic mass is 32.2. The van der Waals surface area contributed by atoms with E-state index in [0.717, 1.165) is 0 Å². The molecule has 0 aliphatic carbocycles. The number of methoxy groups -OCH3 is 1. The van der Waals surface area contributed by atoms with Crippen LogP contribution in [0.25, 0.3) is 0 Å². The normalized spacial score (nSPS) is 11.1. The Morgan fingerprint density at radius 1 is 1.00 bits per heavy atom. The molecule has 0 aliphatic heterocycles. The van der Waals surface area contributed by atoms with Crippen molar-refractivity contribution in [2.24, 2.45) is 0 Å². The fraction of sp³-hybridized carbons (Fsp3) is 0.550. The van der Waals surface area contributed by atoms with Crippen LogP contribution in [0.15, 0.2) is 23.1 Å². The first kappa shape index (κ1) is 26.4. The summed E-state index contributed by atoms with van der Waals surface area (Å²) in [5.41, 5.74) is 0.217. The smallest absolute Gasteiger partial charge is 0.306 e. The number of carbonyl (C=O) groups is 3. The van der Waals surface area contributed by atoms with Gasteiger partial charge in [-0.25, -0.2) is 8.42 Å². The topological polar surface area (TPSA) is 131 Å².